The Morgan fingerprint density at radius 1 is 1.50 bits per heavy atom. The molecular weight excluding hydrogens is 200 g/mol. The number of carbonyl (C=O) groups excluding carboxylic acids is 1. The lowest BCUT2D eigenvalue weighted by molar-refractivity contribution is -0.117. The Morgan fingerprint density at radius 2 is 2.19 bits per heavy atom. The van der Waals surface area contributed by atoms with Gasteiger partial charge in [0.25, 0.3) is 0 Å². The quantitative estimate of drug-likeness (QED) is 0.618. The Morgan fingerprint density at radius 3 is 2.75 bits per heavy atom. The normalized spacial score (nSPS) is 16.9. The topological polar surface area (TPSA) is 41.1 Å². The van der Waals surface area contributed by atoms with Crippen molar-refractivity contribution in [3.8, 4) is 0 Å². The summed E-state index contributed by atoms with van der Waals surface area (Å²) in [5.74, 6) is 0.730. The second-order valence-corrected chi connectivity index (χ2v) is 4.91. The zero-order valence-corrected chi connectivity index (χ0v) is 10.5. The van der Waals surface area contributed by atoms with E-state index in [2.05, 4.69) is 24.1 Å². The minimum atomic E-state index is 0.0590. The monoisotopic (exact) mass is 224 g/mol. The number of rotatable bonds is 8. The van der Waals surface area contributed by atoms with E-state index in [0.29, 0.717) is 12.0 Å². The van der Waals surface area contributed by atoms with Crippen molar-refractivity contribution in [3.05, 3.63) is 12.2 Å². The van der Waals surface area contributed by atoms with E-state index in [0.717, 1.165) is 44.2 Å². The third kappa shape index (κ3) is 5.31. The van der Waals surface area contributed by atoms with Crippen molar-refractivity contribution in [2.45, 2.75) is 45.1 Å². The Bertz CT molecular complexity index is 246. The molecule has 16 heavy (non-hydrogen) atoms. The SMILES string of the molecule is C=C(CCCC(C)CNC)C(=O)NC1CC1. The maximum atomic E-state index is 11.6. The predicted octanol–water partition coefficient (Wildman–Crippen LogP) is 1.85. The van der Waals surface area contributed by atoms with Crippen LogP contribution in [0.3, 0.4) is 0 Å². The van der Waals surface area contributed by atoms with E-state index >= 15 is 0 Å². The summed E-state index contributed by atoms with van der Waals surface area (Å²) >= 11 is 0. The molecule has 3 heteroatoms. The van der Waals surface area contributed by atoms with Crippen LogP contribution >= 0.6 is 0 Å². The Balaban J connectivity index is 2.06. The van der Waals surface area contributed by atoms with Crippen LogP contribution in [0.15, 0.2) is 12.2 Å². The Kier molecular flexibility index (Phi) is 5.53. The first kappa shape index (κ1) is 13.2. The van der Waals surface area contributed by atoms with E-state index in [9.17, 15) is 4.79 Å². The molecule has 92 valence electrons. The van der Waals surface area contributed by atoms with Gasteiger partial charge < -0.3 is 10.6 Å². The van der Waals surface area contributed by atoms with Crippen LogP contribution in [0.25, 0.3) is 0 Å². The van der Waals surface area contributed by atoms with Gasteiger partial charge in [0.05, 0.1) is 0 Å². The first-order valence-corrected chi connectivity index (χ1v) is 6.26. The van der Waals surface area contributed by atoms with Crippen molar-refractivity contribution in [2.75, 3.05) is 13.6 Å². The van der Waals surface area contributed by atoms with Crippen molar-refractivity contribution < 1.29 is 4.79 Å². The molecule has 2 N–H and O–H groups in total. The highest BCUT2D eigenvalue weighted by Crippen LogP contribution is 2.19. The van der Waals surface area contributed by atoms with Gasteiger partial charge >= 0.3 is 0 Å². The van der Waals surface area contributed by atoms with Gasteiger partial charge in [0, 0.05) is 11.6 Å². The van der Waals surface area contributed by atoms with E-state index in [-0.39, 0.29) is 5.91 Å². The maximum Gasteiger partial charge on any atom is 0.246 e. The van der Waals surface area contributed by atoms with Gasteiger partial charge in [-0.15, -0.1) is 0 Å². The average molecular weight is 224 g/mol. The van der Waals surface area contributed by atoms with Gasteiger partial charge in [-0.3, -0.25) is 4.79 Å². The van der Waals surface area contributed by atoms with Crippen LogP contribution in [-0.2, 0) is 4.79 Å². The molecule has 1 fully saturated rings. The molecule has 0 bridgehead atoms. The van der Waals surface area contributed by atoms with Gasteiger partial charge in [-0.2, -0.15) is 0 Å². The lowest BCUT2D eigenvalue weighted by Gasteiger charge is -2.11. The number of hydrogen-bond donors (Lipinski definition) is 2. The maximum absolute atomic E-state index is 11.6. The molecule has 1 aliphatic rings. The zero-order valence-electron chi connectivity index (χ0n) is 10.5. The van der Waals surface area contributed by atoms with Gasteiger partial charge in [-0.05, 0) is 51.6 Å². The predicted molar refractivity (Wildman–Crippen MR) is 67.2 cm³/mol. The summed E-state index contributed by atoms with van der Waals surface area (Å²) in [6, 6.07) is 0.437. The van der Waals surface area contributed by atoms with E-state index < -0.39 is 0 Å². The van der Waals surface area contributed by atoms with Crippen molar-refractivity contribution in [1.82, 2.24) is 10.6 Å². The number of hydrogen-bond acceptors (Lipinski definition) is 2. The van der Waals surface area contributed by atoms with Crippen LogP contribution in [0, 0.1) is 5.92 Å². The molecule has 0 saturated heterocycles. The molecule has 0 aromatic rings. The molecule has 3 nitrogen and oxygen atoms in total. The first-order chi connectivity index (χ1) is 7.63. The standard InChI is InChI=1S/C13H24N2O/c1-10(9-14-3)5-4-6-11(2)13(16)15-12-7-8-12/h10,12,14H,2,4-9H2,1,3H3,(H,15,16). The van der Waals surface area contributed by atoms with Crippen LogP contribution in [0.4, 0.5) is 0 Å². The molecule has 0 radical (unpaired) electrons. The summed E-state index contributed by atoms with van der Waals surface area (Å²) < 4.78 is 0. The number of nitrogens with one attached hydrogen (secondary N) is 2. The first-order valence-electron chi connectivity index (χ1n) is 6.26. The smallest absolute Gasteiger partial charge is 0.246 e. The van der Waals surface area contributed by atoms with Crippen LogP contribution < -0.4 is 10.6 Å². The van der Waals surface area contributed by atoms with Gasteiger partial charge in [0.1, 0.15) is 0 Å². The molecule has 1 saturated carbocycles. The molecule has 0 heterocycles. The summed E-state index contributed by atoms with van der Waals surface area (Å²) in [5, 5.41) is 6.13. The third-order valence-electron chi connectivity index (χ3n) is 2.96. The highest BCUT2D eigenvalue weighted by molar-refractivity contribution is 5.93. The van der Waals surface area contributed by atoms with E-state index in [1.807, 2.05) is 7.05 Å². The highest BCUT2D eigenvalue weighted by Gasteiger charge is 2.23. The molecule has 1 atom stereocenters. The van der Waals surface area contributed by atoms with E-state index in [4.69, 9.17) is 0 Å². The molecule has 0 aliphatic heterocycles. The lowest BCUT2D eigenvalue weighted by atomic mass is 10.0. The summed E-state index contributed by atoms with van der Waals surface area (Å²) in [5.41, 5.74) is 0.739. The molecule has 0 aromatic heterocycles. The van der Waals surface area contributed by atoms with Crippen molar-refractivity contribution in [2.24, 2.45) is 5.92 Å². The zero-order chi connectivity index (χ0) is 12.0. The van der Waals surface area contributed by atoms with Crippen molar-refractivity contribution >= 4 is 5.91 Å². The fourth-order valence-electron chi connectivity index (χ4n) is 1.74. The minimum Gasteiger partial charge on any atom is -0.350 e. The Labute approximate surface area is 98.7 Å². The highest BCUT2D eigenvalue weighted by atomic mass is 16.1. The second kappa shape index (κ2) is 6.69. The van der Waals surface area contributed by atoms with Crippen molar-refractivity contribution in [3.63, 3.8) is 0 Å². The fourth-order valence-corrected chi connectivity index (χ4v) is 1.74. The molecule has 1 amide bonds. The van der Waals surface area contributed by atoms with Crippen molar-refractivity contribution in [1.29, 1.82) is 0 Å². The summed E-state index contributed by atoms with van der Waals surface area (Å²) in [6.45, 7) is 7.12. The third-order valence-corrected chi connectivity index (χ3v) is 2.96. The molecule has 1 aliphatic carbocycles. The summed E-state index contributed by atoms with van der Waals surface area (Å²) in [4.78, 5) is 11.6. The lowest BCUT2D eigenvalue weighted by Crippen LogP contribution is -2.26. The van der Waals surface area contributed by atoms with Gasteiger partial charge in [0.2, 0.25) is 5.91 Å². The van der Waals surface area contributed by atoms with Gasteiger partial charge in [-0.1, -0.05) is 13.5 Å². The van der Waals surface area contributed by atoms with Crippen LogP contribution in [0.5, 0.6) is 0 Å². The van der Waals surface area contributed by atoms with Crippen LogP contribution in [0.1, 0.15) is 39.0 Å². The van der Waals surface area contributed by atoms with Gasteiger partial charge in [0.15, 0.2) is 0 Å². The second-order valence-electron chi connectivity index (χ2n) is 4.91. The number of amides is 1. The molecular formula is C13H24N2O. The summed E-state index contributed by atoms with van der Waals surface area (Å²) in [7, 11) is 1.97. The number of carbonyl (C=O) groups is 1. The molecule has 1 rings (SSSR count). The largest absolute Gasteiger partial charge is 0.350 e. The van der Waals surface area contributed by atoms with Crippen LogP contribution in [-0.4, -0.2) is 25.5 Å². The summed E-state index contributed by atoms with van der Waals surface area (Å²) in [6.07, 6.45) is 5.30. The average Bonchev–Trinajstić information content (AvgIpc) is 3.01. The molecule has 0 aromatic carbocycles. The van der Waals surface area contributed by atoms with E-state index in [1.54, 1.807) is 0 Å². The Hall–Kier alpha value is -0.830. The molecule has 1 unspecified atom stereocenters. The van der Waals surface area contributed by atoms with Gasteiger partial charge in [-0.25, -0.2) is 0 Å². The fraction of sp³-hybridized carbons (Fsp3) is 0.769. The van der Waals surface area contributed by atoms with Crippen LogP contribution in [0.2, 0.25) is 0 Å². The minimum absolute atomic E-state index is 0.0590. The molecule has 0 spiro atoms. The van der Waals surface area contributed by atoms with E-state index in [1.165, 1.54) is 0 Å².